The molecule has 1 fully saturated rings. The molecule has 0 aromatic heterocycles. The highest BCUT2D eigenvalue weighted by Crippen LogP contribution is 2.33. The molecule has 0 radical (unpaired) electrons. The Morgan fingerprint density at radius 1 is 1.08 bits per heavy atom. The van der Waals surface area contributed by atoms with Crippen molar-refractivity contribution >= 4 is 21.9 Å². The molecule has 1 aromatic carbocycles. The predicted molar refractivity (Wildman–Crippen MR) is 97.4 cm³/mol. The van der Waals surface area contributed by atoms with Crippen LogP contribution >= 0.6 is 0 Å². The van der Waals surface area contributed by atoms with Gasteiger partial charge in [-0.2, -0.15) is 4.31 Å². The first-order valence-corrected chi connectivity index (χ1v) is 9.91. The number of carbonyl (C=O) groups is 2. The van der Waals surface area contributed by atoms with Gasteiger partial charge in [-0.1, -0.05) is 0 Å². The number of esters is 1. The zero-order valence-corrected chi connectivity index (χ0v) is 16.9. The SMILES string of the molecule is COC(=O)C[C@@H]1C(=O)NCCN1S(=O)(=O)c1c(C)c(C)c(C)c(C)c1C. The molecule has 26 heavy (non-hydrogen) atoms. The number of ether oxygens (including phenoxy) is 1. The number of carbonyl (C=O) groups excluding carboxylic acids is 2. The number of sulfonamides is 1. The molecule has 0 saturated carbocycles. The molecule has 144 valence electrons. The van der Waals surface area contributed by atoms with E-state index in [0.717, 1.165) is 21.0 Å². The molecule has 0 unspecified atom stereocenters. The molecule has 1 N–H and O–H groups in total. The van der Waals surface area contributed by atoms with E-state index in [0.29, 0.717) is 11.1 Å². The third-order valence-corrected chi connectivity index (χ3v) is 7.55. The van der Waals surface area contributed by atoms with Crippen LogP contribution in [0.15, 0.2) is 4.90 Å². The lowest BCUT2D eigenvalue weighted by Crippen LogP contribution is -2.57. The summed E-state index contributed by atoms with van der Waals surface area (Å²) in [6, 6.07) is -1.11. The number of methoxy groups -OCH3 is 1. The van der Waals surface area contributed by atoms with Crippen LogP contribution in [0.2, 0.25) is 0 Å². The number of nitrogens with one attached hydrogen (secondary N) is 1. The predicted octanol–water partition coefficient (Wildman–Crippen LogP) is 1.28. The highest BCUT2D eigenvalue weighted by molar-refractivity contribution is 7.89. The van der Waals surface area contributed by atoms with Crippen LogP contribution in [0.3, 0.4) is 0 Å². The standard InChI is InChI=1S/C18H26N2O5S/c1-10-11(2)13(4)17(14(5)12(10)3)26(23,24)20-8-7-19-18(22)15(20)9-16(21)25-6/h15H,7-9H2,1-6H3,(H,19,22)/t15-/m1/s1. The van der Waals surface area contributed by atoms with Gasteiger partial charge in [-0.05, 0) is 62.4 Å². The number of amides is 1. The molecule has 1 heterocycles. The Hall–Kier alpha value is -1.93. The Morgan fingerprint density at radius 3 is 2.08 bits per heavy atom. The first-order valence-electron chi connectivity index (χ1n) is 8.47. The first kappa shape index (κ1) is 20.4. The number of benzene rings is 1. The molecule has 8 heteroatoms. The van der Waals surface area contributed by atoms with Crippen LogP contribution < -0.4 is 5.32 Å². The smallest absolute Gasteiger partial charge is 0.307 e. The minimum absolute atomic E-state index is 0.112. The van der Waals surface area contributed by atoms with Gasteiger partial charge in [0.05, 0.1) is 18.4 Å². The largest absolute Gasteiger partial charge is 0.469 e. The van der Waals surface area contributed by atoms with Gasteiger partial charge >= 0.3 is 5.97 Å². The van der Waals surface area contributed by atoms with Crippen molar-refractivity contribution in [1.82, 2.24) is 9.62 Å². The molecule has 1 saturated heterocycles. The first-order chi connectivity index (χ1) is 12.0. The Kier molecular flexibility index (Phi) is 5.77. The fraction of sp³-hybridized carbons (Fsp3) is 0.556. The third-order valence-electron chi connectivity index (χ3n) is 5.37. The van der Waals surface area contributed by atoms with Crippen molar-refractivity contribution in [1.29, 1.82) is 0 Å². The van der Waals surface area contributed by atoms with E-state index >= 15 is 0 Å². The Labute approximate surface area is 154 Å². The van der Waals surface area contributed by atoms with Crippen LogP contribution in [0, 0.1) is 34.6 Å². The van der Waals surface area contributed by atoms with Gasteiger partial charge in [-0.25, -0.2) is 8.42 Å². The molecule has 1 atom stereocenters. The molecule has 2 rings (SSSR count). The molecule has 1 amide bonds. The van der Waals surface area contributed by atoms with Crippen LogP contribution in [0.1, 0.15) is 34.2 Å². The van der Waals surface area contributed by atoms with E-state index < -0.39 is 27.9 Å². The molecular formula is C18H26N2O5S. The second kappa shape index (κ2) is 7.36. The van der Waals surface area contributed by atoms with Gasteiger partial charge in [0.15, 0.2) is 0 Å². The zero-order valence-electron chi connectivity index (χ0n) is 16.1. The van der Waals surface area contributed by atoms with Gasteiger partial charge in [0, 0.05) is 13.1 Å². The van der Waals surface area contributed by atoms with Crippen molar-refractivity contribution in [2.75, 3.05) is 20.2 Å². The van der Waals surface area contributed by atoms with Crippen LogP contribution in [0.4, 0.5) is 0 Å². The molecule has 1 aliphatic heterocycles. The fourth-order valence-corrected chi connectivity index (χ4v) is 5.54. The van der Waals surface area contributed by atoms with E-state index in [9.17, 15) is 18.0 Å². The lowest BCUT2D eigenvalue weighted by molar-refractivity contribution is -0.144. The van der Waals surface area contributed by atoms with Crippen molar-refractivity contribution in [3.8, 4) is 0 Å². The summed E-state index contributed by atoms with van der Waals surface area (Å²) in [5.74, 6) is -1.11. The maximum absolute atomic E-state index is 13.5. The molecule has 7 nitrogen and oxygen atoms in total. The van der Waals surface area contributed by atoms with Crippen molar-refractivity contribution in [3.63, 3.8) is 0 Å². The Balaban J connectivity index is 2.62. The number of hydrogen-bond donors (Lipinski definition) is 1. The second-order valence-corrected chi connectivity index (χ2v) is 8.48. The van der Waals surface area contributed by atoms with Gasteiger partial charge in [0.1, 0.15) is 6.04 Å². The number of nitrogens with zero attached hydrogens (tertiary/aromatic N) is 1. The monoisotopic (exact) mass is 382 g/mol. The maximum Gasteiger partial charge on any atom is 0.307 e. The van der Waals surface area contributed by atoms with Crippen LogP contribution in [-0.4, -0.2) is 50.8 Å². The van der Waals surface area contributed by atoms with E-state index in [4.69, 9.17) is 0 Å². The summed E-state index contributed by atoms with van der Waals surface area (Å²) in [5.41, 5.74) is 4.23. The van der Waals surface area contributed by atoms with Crippen molar-refractivity contribution in [3.05, 3.63) is 27.8 Å². The summed E-state index contributed by atoms with van der Waals surface area (Å²) in [7, 11) is -2.75. The van der Waals surface area contributed by atoms with Crippen LogP contribution in [0.5, 0.6) is 0 Å². The molecule has 1 aromatic rings. The minimum Gasteiger partial charge on any atom is -0.469 e. The number of hydrogen-bond acceptors (Lipinski definition) is 5. The van der Waals surface area contributed by atoms with Crippen molar-refractivity contribution in [2.24, 2.45) is 0 Å². The zero-order chi connectivity index (χ0) is 19.8. The van der Waals surface area contributed by atoms with Gasteiger partial charge < -0.3 is 10.1 Å². The van der Waals surface area contributed by atoms with Gasteiger partial charge in [-0.15, -0.1) is 0 Å². The van der Waals surface area contributed by atoms with Gasteiger partial charge in [-0.3, -0.25) is 9.59 Å². The Morgan fingerprint density at radius 2 is 1.58 bits per heavy atom. The summed E-state index contributed by atoms with van der Waals surface area (Å²) in [6.45, 7) is 9.63. The van der Waals surface area contributed by atoms with Gasteiger partial charge in [0.2, 0.25) is 15.9 Å². The average molecular weight is 382 g/mol. The average Bonchev–Trinajstić information content (AvgIpc) is 2.59. The highest BCUT2D eigenvalue weighted by Gasteiger charge is 2.41. The second-order valence-electron chi connectivity index (χ2n) is 6.66. The lowest BCUT2D eigenvalue weighted by Gasteiger charge is -2.34. The molecule has 0 aliphatic carbocycles. The van der Waals surface area contributed by atoms with Crippen molar-refractivity contribution in [2.45, 2.75) is 52.0 Å². The topological polar surface area (TPSA) is 92.8 Å². The lowest BCUT2D eigenvalue weighted by atomic mass is 9.95. The molecule has 1 aliphatic rings. The normalized spacial score (nSPS) is 18.5. The summed E-state index contributed by atoms with van der Waals surface area (Å²) in [6.07, 6.45) is -0.316. The summed E-state index contributed by atoms with van der Waals surface area (Å²) >= 11 is 0. The molecule has 0 spiro atoms. The van der Waals surface area contributed by atoms with Crippen molar-refractivity contribution < 1.29 is 22.7 Å². The minimum atomic E-state index is -3.96. The quantitative estimate of drug-likeness (QED) is 0.792. The third kappa shape index (κ3) is 3.35. The molecular weight excluding hydrogens is 356 g/mol. The summed E-state index contributed by atoms with van der Waals surface area (Å²) in [5, 5.41) is 2.62. The highest BCUT2D eigenvalue weighted by atomic mass is 32.2. The fourth-order valence-electron chi connectivity index (χ4n) is 3.39. The summed E-state index contributed by atoms with van der Waals surface area (Å²) in [4.78, 5) is 24.2. The van der Waals surface area contributed by atoms with E-state index in [1.54, 1.807) is 13.8 Å². The summed E-state index contributed by atoms with van der Waals surface area (Å²) < 4.78 is 32.7. The van der Waals surface area contributed by atoms with E-state index in [1.807, 2.05) is 20.8 Å². The van der Waals surface area contributed by atoms with E-state index in [2.05, 4.69) is 10.1 Å². The number of rotatable bonds is 4. The van der Waals surface area contributed by atoms with Crippen LogP contribution in [0.25, 0.3) is 0 Å². The maximum atomic E-state index is 13.5. The number of piperazine rings is 1. The van der Waals surface area contributed by atoms with E-state index in [-0.39, 0.29) is 24.4 Å². The van der Waals surface area contributed by atoms with Gasteiger partial charge in [0.25, 0.3) is 0 Å². The molecule has 0 bridgehead atoms. The van der Waals surface area contributed by atoms with E-state index in [1.165, 1.54) is 7.11 Å². The Bertz CT molecular complexity index is 832. The van der Waals surface area contributed by atoms with Crippen LogP contribution in [-0.2, 0) is 24.3 Å².